The second-order valence-electron chi connectivity index (χ2n) is 6.43. The number of aryl methyl sites for hydroxylation is 3. The molecule has 1 aromatic carbocycles. The van der Waals surface area contributed by atoms with Crippen molar-refractivity contribution in [2.75, 3.05) is 6.54 Å². The van der Waals surface area contributed by atoms with Crippen LogP contribution in [0.4, 0.5) is 0 Å². The van der Waals surface area contributed by atoms with Crippen molar-refractivity contribution in [1.82, 2.24) is 25.1 Å². The van der Waals surface area contributed by atoms with Gasteiger partial charge in [-0.3, -0.25) is 14.3 Å². The van der Waals surface area contributed by atoms with Crippen molar-refractivity contribution in [2.45, 2.75) is 40.2 Å². The Morgan fingerprint density at radius 2 is 2.00 bits per heavy atom. The number of nitrogens with one attached hydrogen (secondary N) is 2. The Bertz CT molecular complexity index is 1000. The summed E-state index contributed by atoms with van der Waals surface area (Å²) >= 11 is 0. The fourth-order valence-electron chi connectivity index (χ4n) is 2.98. The summed E-state index contributed by atoms with van der Waals surface area (Å²) in [6.07, 6.45) is 0.892. The second kappa shape index (κ2) is 7.51. The number of aromatic amines is 1. The number of rotatable bonds is 6. The summed E-state index contributed by atoms with van der Waals surface area (Å²) in [6.45, 7) is 6.73. The zero-order valence-corrected chi connectivity index (χ0v) is 15.3. The van der Waals surface area contributed by atoms with Crippen molar-refractivity contribution in [3.05, 3.63) is 57.4 Å². The van der Waals surface area contributed by atoms with E-state index < -0.39 is 0 Å². The van der Waals surface area contributed by atoms with Gasteiger partial charge in [-0.1, -0.05) is 18.2 Å². The van der Waals surface area contributed by atoms with Gasteiger partial charge >= 0.3 is 0 Å². The molecule has 1 amide bonds. The number of H-pyrrole nitrogens is 1. The molecule has 2 N–H and O–H groups in total. The molecule has 0 bridgehead atoms. The Kier molecular flexibility index (Phi) is 5.16. The van der Waals surface area contributed by atoms with Gasteiger partial charge in [-0.25, -0.2) is 4.98 Å². The fourth-order valence-corrected chi connectivity index (χ4v) is 2.98. The summed E-state index contributed by atoms with van der Waals surface area (Å²) in [4.78, 5) is 30.7. The van der Waals surface area contributed by atoms with Gasteiger partial charge in [0.2, 0.25) is 5.91 Å². The lowest BCUT2D eigenvalue weighted by Gasteiger charge is -2.08. The maximum absolute atomic E-state index is 12.1. The van der Waals surface area contributed by atoms with Crippen LogP contribution in [0, 0.1) is 20.8 Å². The average Bonchev–Trinajstić information content (AvgIpc) is 2.92. The van der Waals surface area contributed by atoms with Gasteiger partial charge < -0.3 is 10.3 Å². The minimum Gasteiger partial charge on any atom is -0.356 e. The molecule has 7 nitrogen and oxygen atoms in total. The maximum Gasteiger partial charge on any atom is 0.254 e. The summed E-state index contributed by atoms with van der Waals surface area (Å²) in [5, 5.41) is 8.63. The van der Waals surface area contributed by atoms with Gasteiger partial charge in [0.15, 0.2) is 0 Å². The van der Waals surface area contributed by atoms with Crippen molar-refractivity contribution in [3.8, 4) is 0 Å². The number of hydrogen-bond acceptors (Lipinski definition) is 4. The number of fused-ring (bicyclic) bond motifs is 1. The molecule has 2 heterocycles. The molecule has 136 valence electrons. The predicted molar refractivity (Wildman–Crippen MR) is 100 cm³/mol. The zero-order valence-electron chi connectivity index (χ0n) is 15.3. The van der Waals surface area contributed by atoms with E-state index in [0.29, 0.717) is 23.6 Å². The molecule has 2 aromatic heterocycles. The van der Waals surface area contributed by atoms with E-state index in [0.717, 1.165) is 29.6 Å². The Morgan fingerprint density at radius 3 is 2.77 bits per heavy atom. The highest BCUT2D eigenvalue weighted by molar-refractivity contribution is 5.81. The average molecular weight is 353 g/mol. The Labute approximate surface area is 151 Å². The first kappa shape index (κ1) is 17.8. The number of amides is 1. The highest BCUT2D eigenvalue weighted by atomic mass is 16.1. The molecule has 0 atom stereocenters. The number of benzene rings is 1. The minimum atomic E-state index is -0.193. The smallest absolute Gasteiger partial charge is 0.254 e. The summed E-state index contributed by atoms with van der Waals surface area (Å²) < 4.78 is 1.97. The molecular formula is C19H23N5O2. The van der Waals surface area contributed by atoms with Gasteiger partial charge in [0.1, 0.15) is 5.82 Å². The van der Waals surface area contributed by atoms with Crippen LogP contribution in [-0.4, -0.2) is 32.2 Å². The first-order chi connectivity index (χ1) is 12.5. The molecule has 0 aliphatic heterocycles. The molecule has 0 saturated carbocycles. The quantitative estimate of drug-likeness (QED) is 0.661. The van der Waals surface area contributed by atoms with Crippen LogP contribution in [0.3, 0.4) is 0 Å². The molecule has 7 heteroatoms. The number of carbonyl (C=O) groups excluding carboxylic acids is 1. The van der Waals surface area contributed by atoms with E-state index in [1.807, 2.05) is 22.9 Å². The molecule has 0 fully saturated rings. The molecule has 0 radical (unpaired) electrons. The molecule has 0 unspecified atom stereocenters. The van der Waals surface area contributed by atoms with E-state index in [9.17, 15) is 9.59 Å². The molecule has 0 aliphatic carbocycles. The number of nitrogens with zero attached hydrogens (tertiary/aromatic N) is 3. The third-order valence-electron chi connectivity index (χ3n) is 4.48. The molecule has 26 heavy (non-hydrogen) atoms. The van der Waals surface area contributed by atoms with Gasteiger partial charge in [0.25, 0.3) is 5.56 Å². The van der Waals surface area contributed by atoms with E-state index in [-0.39, 0.29) is 17.9 Å². The van der Waals surface area contributed by atoms with Crippen molar-refractivity contribution < 1.29 is 4.79 Å². The molecule has 0 saturated heterocycles. The van der Waals surface area contributed by atoms with Crippen molar-refractivity contribution >= 4 is 16.8 Å². The number of aromatic nitrogens is 4. The maximum atomic E-state index is 12.1. The summed E-state index contributed by atoms with van der Waals surface area (Å²) in [7, 11) is 0. The van der Waals surface area contributed by atoms with Crippen LogP contribution in [0.5, 0.6) is 0 Å². The summed E-state index contributed by atoms with van der Waals surface area (Å²) in [5.74, 6) is 0.387. The van der Waals surface area contributed by atoms with Crippen LogP contribution in [0.2, 0.25) is 0 Å². The van der Waals surface area contributed by atoms with Crippen molar-refractivity contribution in [3.63, 3.8) is 0 Å². The van der Waals surface area contributed by atoms with Gasteiger partial charge in [-0.2, -0.15) is 5.10 Å². The highest BCUT2D eigenvalue weighted by Crippen LogP contribution is 2.17. The molecular weight excluding hydrogens is 330 g/mol. The normalized spacial score (nSPS) is 11.0. The Morgan fingerprint density at radius 1 is 1.23 bits per heavy atom. The first-order valence-electron chi connectivity index (χ1n) is 8.71. The van der Waals surface area contributed by atoms with E-state index >= 15 is 0 Å². The van der Waals surface area contributed by atoms with Crippen LogP contribution in [0.1, 0.15) is 29.2 Å². The third kappa shape index (κ3) is 3.82. The van der Waals surface area contributed by atoms with Gasteiger partial charge in [-0.05, 0) is 33.3 Å². The topological polar surface area (TPSA) is 92.7 Å². The summed E-state index contributed by atoms with van der Waals surface area (Å²) in [6, 6.07) is 8.05. The third-order valence-corrected chi connectivity index (χ3v) is 4.48. The lowest BCUT2D eigenvalue weighted by atomic mass is 10.2. The highest BCUT2D eigenvalue weighted by Gasteiger charge is 2.11. The van der Waals surface area contributed by atoms with Crippen molar-refractivity contribution in [2.24, 2.45) is 0 Å². The van der Waals surface area contributed by atoms with Crippen LogP contribution in [0.15, 0.2) is 29.1 Å². The zero-order chi connectivity index (χ0) is 18.7. The molecule has 3 aromatic rings. The van der Waals surface area contributed by atoms with E-state index in [1.54, 1.807) is 13.8 Å². The Balaban J connectivity index is 1.52. The Hall–Kier alpha value is -2.96. The summed E-state index contributed by atoms with van der Waals surface area (Å²) in [5.41, 5.74) is 2.94. The SMILES string of the molecule is Cc1nc(CC(=O)NCCCn2nc3ccccc3c2C)c(C)c(=O)[nH]1. The van der Waals surface area contributed by atoms with Gasteiger partial charge in [0.05, 0.1) is 17.6 Å². The van der Waals surface area contributed by atoms with Gasteiger partial charge in [0, 0.05) is 29.7 Å². The predicted octanol–water partition coefficient (Wildman–Crippen LogP) is 1.79. The van der Waals surface area contributed by atoms with Crippen LogP contribution >= 0.6 is 0 Å². The van der Waals surface area contributed by atoms with Crippen LogP contribution in [0.25, 0.3) is 10.9 Å². The first-order valence-corrected chi connectivity index (χ1v) is 8.71. The lowest BCUT2D eigenvalue weighted by molar-refractivity contribution is -0.120. The molecule has 0 spiro atoms. The molecule has 3 rings (SSSR count). The molecule has 0 aliphatic rings. The number of carbonyl (C=O) groups is 1. The second-order valence-corrected chi connectivity index (χ2v) is 6.43. The van der Waals surface area contributed by atoms with Gasteiger partial charge in [-0.15, -0.1) is 0 Å². The van der Waals surface area contributed by atoms with Crippen LogP contribution in [-0.2, 0) is 17.8 Å². The van der Waals surface area contributed by atoms with E-state index in [4.69, 9.17) is 0 Å². The van der Waals surface area contributed by atoms with Crippen LogP contribution < -0.4 is 10.9 Å². The largest absolute Gasteiger partial charge is 0.356 e. The van der Waals surface area contributed by atoms with E-state index in [1.165, 1.54) is 0 Å². The van der Waals surface area contributed by atoms with Crippen molar-refractivity contribution in [1.29, 1.82) is 0 Å². The lowest BCUT2D eigenvalue weighted by Crippen LogP contribution is -2.29. The number of hydrogen-bond donors (Lipinski definition) is 2. The monoisotopic (exact) mass is 353 g/mol. The van der Waals surface area contributed by atoms with E-state index in [2.05, 4.69) is 33.4 Å². The minimum absolute atomic E-state index is 0.112. The standard InChI is InChI=1S/C19H23N5O2/c1-12-17(21-14(3)22-19(12)26)11-18(25)20-9-6-10-24-13(2)15-7-4-5-8-16(15)23-24/h4-5,7-8H,6,9-11H2,1-3H3,(H,20,25)(H,21,22,26). The fraction of sp³-hybridized carbons (Fsp3) is 0.368.